The lowest BCUT2D eigenvalue weighted by Crippen LogP contribution is -2.33. The topological polar surface area (TPSA) is 59.0 Å². The van der Waals surface area contributed by atoms with Crippen LogP contribution in [0.2, 0.25) is 5.02 Å². The SMILES string of the molecule is CC(C)C(CNc1cnn(C)c(=O)c1Cl)Nc1ccccc1. The summed E-state index contributed by atoms with van der Waals surface area (Å²) in [5.74, 6) is 0.408. The van der Waals surface area contributed by atoms with E-state index < -0.39 is 0 Å². The summed E-state index contributed by atoms with van der Waals surface area (Å²) in [5, 5.41) is 10.8. The molecule has 0 fully saturated rings. The first-order chi connectivity index (χ1) is 10.5. The molecule has 0 amide bonds. The van der Waals surface area contributed by atoms with E-state index in [0.29, 0.717) is 18.2 Å². The first-order valence-electron chi connectivity index (χ1n) is 7.26. The second kappa shape index (κ2) is 7.31. The number of anilines is 2. The molecule has 1 heterocycles. The van der Waals surface area contributed by atoms with Crippen molar-refractivity contribution in [2.24, 2.45) is 13.0 Å². The van der Waals surface area contributed by atoms with Crippen molar-refractivity contribution in [2.45, 2.75) is 19.9 Å². The summed E-state index contributed by atoms with van der Waals surface area (Å²) in [7, 11) is 1.58. The Morgan fingerprint density at radius 3 is 2.59 bits per heavy atom. The molecule has 0 saturated carbocycles. The van der Waals surface area contributed by atoms with Crippen molar-refractivity contribution in [1.82, 2.24) is 9.78 Å². The van der Waals surface area contributed by atoms with Gasteiger partial charge in [-0.2, -0.15) is 5.10 Å². The smallest absolute Gasteiger partial charge is 0.287 e. The lowest BCUT2D eigenvalue weighted by Gasteiger charge is -2.24. The minimum atomic E-state index is -0.302. The average molecular weight is 321 g/mol. The Bertz CT molecular complexity index is 670. The van der Waals surface area contributed by atoms with E-state index >= 15 is 0 Å². The average Bonchev–Trinajstić information content (AvgIpc) is 2.51. The standard InChI is InChI=1S/C16H21ClN4O/c1-11(2)13(20-12-7-5-4-6-8-12)9-18-14-10-19-21(3)16(22)15(14)17/h4-8,10-11,13,18,20H,9H2,1-3H3. The first-order valence-corrected chi connectivity index (χ1v) is 7.64. The van der Waals surface area contributed by atoms with Gasteiger partial charge in [0.1, 0.15) is 5.02 Å². The fourth-order valence-corrected chi connectivity index (χ4v) is 2.29. The molecule has 1 atom stereocenters. The number of para-hydroxylation sites is 1. The molecule has 118 valence electrons. The third-order valence-corrected chi connectivity index (χ3v) is 3.89. The van der Waals surface area contributed by atoms with Crippen LogP contribution in [0.15, 0.2) is 41.3 Å². The van der Waals surface area contributed by atoms with E-state index in [-0.39, 0.29) is 16.6 Å². The van der Waals surface area contributed by atoms with Crippen molar-refractivity contribution in [3.05, 3.63) is 51.9 Å². The summed E-state index contributed by atoms with van der Waals surface area (Å²) in [4.78, 5) is 11.8. The highest BCUT2D eigenvalue weighted by molar-refractivity contribution is 6.32. The molecular formula is C16H21ClN4O. The number of hydrogen-bond acceptors (Lipinski definition) is 4. The molecule has 0 radical (unpaired) electrons. The van der Waals surface area contributed by atoms with Gasteiger partial charge in [-0.05, 0) is 18.1 Å². The minimum Gasteiger partial charge on any atom is -0.380 e. The van der Waals surface area contributed by atoms with Gasteiger partial charge in [0.15, 0.2) is 0 Å². The van der Waals surface area contributed by atoms with Crippen LogP contribution in [0.25, 0.3) is 0 Å². The molecule has 2 aromatic rings. The molecule has 0 aliphatic rings. The van der Waals surface area contributed by atoms with Crippen LogP contribution in [-0.2, 0) is 7.05 Å². The van der Waals surface area contributed by atoms with Gasteiger partial charge in [-0.15, -0.1) is 0 Å². The minimum absolute atomic E-state index is 0.166. The Hall–Kier alpha value is -2.01. The first kappa shape index (κ1) is 16.4. The largest absolute Gasteiger partial charge is 0.380 e. The van der Waals surface area contributed by atoms with Crippen molar-refractivity contribution in [3.8, 4) is 0 Å². The third-order valence-electron chi connectivity index (χ3n) is 3.52. The maximum absolute atomic E-state index is 11.8. The van der Waals surface area contributed by atoms with Gasteiger partial charge >= 0.3 is 0 Å². The van der Waals surface area contributed by atoms with Gasteiger partial charge in [0.05, 0.1) is 11.9 Å². The third kappa shape index (κ3) is 4.01. The van der Waals surface area contributed by atoms with Crippen LogP contribution >= 0.6 is 11.6 Å². The van der Waals surface area contributed by atoms with Gasteiger partial charge in [0.2, 0.25) is 0 Å². The number of rotatable bonds is 6. The fourth-order valence-electron chi connectivity index (χ4n) is 2.06. The van der Waals surface area contributed by atoms with E-state index in [0.717, 1.165) is 5.69 Å². The molecule has 2 rings (SSSR count). The molecule has 1 aromatic carbocycles. The number of hydrogen-bond donors (Lipinski definition) is 2. The Morgan fingerprint density at radius 2 is 1.95 bits per heavy atom. The van der Waals surface area contributed by atoms with Crippen molar-refractivity contribution in [3.63, 3.8) is 0 Å². The summed E-state index contributed by atoms with van der Waals surface area (Å²) in [6.45, 7) is 4.93. The quantitative estimate of drug-likeness (QED) is 0.859. The summed E-state index contributed by atoms with van der Waals surface area (Å²) in [6, 6.07) is 10.2. The van der Waals surface area contributed by atoms with Crippen molar-refractivity contribution in [2.75, 3.05) is 17.2 Å². The summed E-state index contributed by atoms with van der Waals surface area (Å²) < 4.78 is 1.22. The normalized spacial score (nSPS) is 12.2. The van der Waals surface area contributed by atoms with Gasteiger partial charge in [-0.1, -0.05) is 43.6 Å². The number of halogens is 1. The van der Waals surface area contributed by atoms with Gasteiger partial charge in [0.25, 0.3) is 5.56 Å². The highest BCUT2D eigenvalue weighted by Crippen LogP contribution is 2.17. The van der Waals surface area contributed by atoms with E-state index in [2.05, 4.69) is 29.6 Å². The molecule has 0 spiro atoms. The van der Waals surface area contributed by atoms with Gasteiger partial charge in [-0.25, -0.2) is 4.68 Å². The summed E-state index contributed by atoms with van der Waals surface area (Å²) >= 11 is 6.07. The summed E-state index contributed by atoms with van der Waals surface area (Å²) in [6.07, 6.45) is 1.57. The maximum atomic E-state index is 11.8. The van der Waals surface area contributed by atoms with Crippen LogP contribution in [0.3, 0.4) is 0 Å². The lowest BCUT2D eigenvalue weighted by atomic mass is 10.0. The van der Waals surface area contributed by atoms with Crippen molar-refractivity contribution in [1.29, 1.82) is 0 Å². The van der Waals surface area contributed by atoms with Crippen molar-refractivity contribution >= 4 is 23.0 Å². The van der Waals surface area contributed by atoms with E-state index in [1.807, 2.05) is 30.3 Å². The monoisotopic (exact) mass is 320 g/mol. The number of aryl methyl sites for hydroxylation is 1. The highest BCUT2D eigenvalue weighted by Gasteiger charge is 2.14. The number of benzene rings is 1. The Morgan fingerprint density at radius 1 is 1.27 bits per heavy atom. The number of nitrogens with zero attached hydrogens (tertiary/aromatic N) is 2. The van der Waals surface area contributed by atoms with Crippen LogP contribution in [0.5, 0.6) is 0 Å². The molecule has 0 saturated heterocycles. The maximum Gasteiger partial charge on any atom is 0.287 e. The van der Waals surface area contributed by atoms with Crippen LogP contribution in [-0.4, -0.2) is 22.4 Å². The Kier molecular flexibility index (Phi) is 5.44. The number of nitrogens with one attached hydrogen (secondary N) is 2. The van der Waals surface area contributed by atoms with Gasteiger partial charge in [-0.3, -0.25) is 4.79 Å². The predicted molar refractivity (Wildman–Crippen MR) is 91.7 cm³/mol. The molecule has 22 heavy (non-hydrogen) atoms. The van der Waals surface area contributed by atoms with E-state index in [9.17, 15) is 4.79 Å². The second-order valence-corrected chi connectivity index (χ2v) is 5.92. The zero-order valence-corrected chi connectivity index (χ0v) is 13.8. The van der Waals surface area contributed by atoms with Crippen LogP contribution < -0.4 is 16.2 Å². The molecular weight excluding hydrogens is 300 g/mol. The predicted octanol–water partition coefficient (Wildman–Crippen LogP) is 2.98. The molecule has 0 bridgehead atoms. The molecule has 5 nitrogen and oxygen atoms in total. The van der Waals surface area contributed by atoms with Crippen molar-refractivity contribution < 1.29 is 0 Å². The van der Waals surface area contributed by atoms with Crippen LogP contribution in [0.4, 0.5) is 11.4 Å². The summed E-state index contributed by atoms with van der Waals surface area (Å²) in [5.41, 5.74) is 1.32. The van der Waals surface area contributed by atoms with E-state index in [4.69, 9.17) is 11.6 Å². The highest BCUT2D eigenvalue weighted by atomic mass is 35.5. The fraction of sp³-hybridized carbons (Fsp3) is 0.375. The Balaban J connectivity index is 2.07. The molecule has 1 aromatic heterocycles. The second-order valence-electron chi connectivity index (χ2n) is 5.54. The van der Waals surface area contributed by atoms with Crippen LogP contribution in [0, 0.1) is 5.92 Å². The zero-order chi connectivity index (χ0) is 16.1. The molecule has 0 aliphatic heterocycles. The lowest BCUT2D eigenvalue weighted by molar-refractivity contribution is 0.542. The molecule has 6 heteroatoms. The zero-order valence-electron chi connectivity index (χ0n) is 13.0. The van der Waals surface area contributed by atoms with Crippen LogP contribution in [0.1, 0.15) is 13.8 Å². The van der Waals surface area contributed by atoms with Gasteiger partial charge < -0.3 is 10.6 Å². The molecule has 2 N–H and O–H groups in total. The number of aromatic nitrogens is 2. The molecule has 0 aliphatic carbocycles. The van der Waals surface area contributed by atoms with E-state index in [1.165, 1.54) is 4.68 Å². The molecule has 1 unspecified atom stereocenters. The van der Waals surface area contributed by atoms with Gasteiger partial charge in [0, 0.05) is 25.3 Å². The van der Waals surface area contributed by atoms with E-state index in [1.54, 1.807) is 13.2 Å². The Labute approximate surface area is 135 Å².